The molecule has 0 unspecified atom stereocenters. The topological polar surface area (TPSA) is 6.48 Å². The average molecular weight is 371 g/mol. The number of fused-ring (bicyclic) bond motifs is 1. The van der Waals surface area contributed by atoms with Crippen LogP contribution in [0, 0.1) is 0 Å². The van der Waals surface area contributed by atoms with Gasteiger partial charge in [0.1, 0.15) is 0 Å². The van der Waals surface area contributed by atoms with Crippen molar-refractivity contribution in [1.82, 2.24) is 9.21 Å². The molecule has 0 aliphatic carbocycles. The molecule has 1 aliphatic rings. The zero-order valence-electron chi connectivity index (χ0n) is 16.5. The largest absolute Gasteiger partial charge is 0.300 e. The first kappa shape index (κ1) is 19.7. The second-order valence-corrected chi connectivity index (χ2v) is 8.61. The van der Waals surface area contributed by atoms with Gasteiger partial charge in [0, 0.05) is 24.0 Å². The van der Waals surface area contributed by atoms with Crippen LogP contribution < -0.4 is 0 Å². The van der Waals surface area contributed by atoms with Crippen LogP contribution in [0.15, 0.2) is 47.4 Å². The van der Waals surface area contributed by atoms with E-state index in [1.54, 1.807) is 0 Å². The molecule has 3 rings (SSSR count). The van der Waals surface area contributed by atoms with Crippen LogP contribution >= 0.6 is 11.9 Å². The predicted molar refractivity (Wildman–Crippen MR) is 116 cm³/mol. The summed E-state index contributed by atoms with van der Waals surface area (Å²) in [6.07, 6.45) is 7.95. The molecule has 1 fully saturated rings. The Kier molecular flexibility index (Phi) is 7.85. The van der Waals surface area contributed by atoms with Crippen LogP contribution in [0.3, 0.4) is 0 Å². The summed E-state index contributed by atoms with van der Waals surface area (Å²) >= 11 is 1.96. The highest BCUT2D eigenvalue weighted by Gasteiger charge is 2.24. The van der Waals surface area contributed by atoms with E-state index in [0.29, 0.717) is 0 Å². The minimum absolute atomic E-state index is 0.788. The third-order valence-electron chi connectivity index (χ3n) is 5.48. The molecular formula is C23H34N2S. The Hall–Kier alpha value is -1.03. The van der Waals surface area contributed by atoms with E-state index in [1.165, 1.54) is 80.4 Å². The normalized spacial score (nSPS) is 16.6. The van der Waals surface area contributed by atoms with E-state index in [-0.39, 0.29) is 0 Å². The molecule has 0 atom stereocenters. The lowest BCUT2D eigenvalue weighted by Crippen LogP contribution is -2.43. The summed E-state index contributed by atoms with van der Waals surface area (Å²) in [6, 6.07) is 16.2. The fourth-order valence-electron chi connectivity index (χ4n) is 4.04. The van der Waals surface area contributed by atoms with Crippen LogP contribution in [0.5, 0.6) is 0 Å². The number of unbranched alkanes of at least 4 members (excludes halogenated alkanes) is 2. The van der Waals surface area contributed by atoms with Crippen LogP contribution in [0.1, 0.15) is 52.4 Å². The van der Waals surface area contributed by atoms with Crippen LogP contribution in [-0.2, 0) is 0 Å². The van der Waals surface area contributed by atoms with Crippen molar-refractivity contribution in [2.75, 3.05) is 26.2 Å². The van der Waals surface area contributed by atoms with Crippen molar-refractivity contribution in [2.45, 2.75) is 63.3 Å². The minimum Gasteiger partial charge on any atom is -0.300 e. The minimum atomic E-state index is 0.788. The lowest BCUT2D eigenvalue weighted by atomic mass is 10.0. The fourth-order valence-corrected chi connectivity index (χ4v) is 5.14. The van der Waals surface area contributed by atoms with Gasteiger partial charge in [-0.15, -0.1) is 0 Å². The molecule has 1 heterocycles. The predicted octanol–water partition coefficient (Wildman–Crippen LogP) is 6.21. The lowest BCUT2D eigenvalue weighted by Gasteiger charge is -2.38. The van der Waals surface area contributed by atoms with Gasteiger partial charge in [-0.05, 0) is 67.6 Å². The Labute approximate surface area is 164 Å². The van der Waals surface area contributed by atoms with Crippen molar-refractivity contribution in [3.8, 4) is 0 Å². The van der Waals surface area contributed by atoms with Gasteiger partial charge in [0.15, 0.2) is 0 Å². The van der Waals surface area contributed by atoms with Gasteiger partial charge in [-0.1, -0.05) is 63.1 Å². The molecule has 0 aromatic heterocycles. The van der Waals surface area contributed by atoms with E-state index >= 15 is 0 Å². The van der Waals surface area contributed by atoms with Crippen LogP contribution in [0.2, 0.25) is 0 Å². The van der Waals surface area contributed by atoms with Crippen molar-refractivity contribution in [3.05, 3.63) is 42.5 Å². The molecule has 0 bridgehead atoms. The van der Waals surface area contributed by atoms with Crippen LogP contribution in [0.25, 0.3) is 10.8 Å². The maximum Gasteiger partial charge on any atom is 0.0308 e. The molecule has 3 heteroatoms. The SMILES string of the molecule is CCCCCN(CCC)C1CCN(Sc2cccc3ccccc23)CC1. The highest BCUT2D eigenvalue weighted by molar-refractivity contribution is 7.97. The average Bonchev–Trinajstić information content (AvgIpc) is 2.68. The Morgan fingerprint density at radius 2 is 1.69 bits per heavy atom. The quantitative estimate of drug-likeness (QED) is 0.382. The zero-order valence-corrected chi connectivity index (χ0v) is 17.3. The monoisotopic (exact) mass is 370 g/mol. The summed E-state index contributed by atoms with van der Waals surface area (Å²) in [7, 11) is 0. The van der Waals surface area contributed by atoms with E-state index < -0.39 is 0 Å². The molecule has 2 nitrogen and oxygen atoms in total. The Morgan fingerprint density at radius 1 is 0.923 bits per heavy atom. The highest BCUT2D eigenvalue weighted by Crippen LogP contribution is 2.32. The van der Waals surface area contributed by atoms with Gasteiger partial charge in [0.2, 0.25) is 0 Å². The second kappa shape index (κ2) is 10.3. The molecule has 2 aromatic carbocycles. The summed E-state index contributed by atoms with van der Waals surface area (Å²) in [4.78, 5) is 4.17. The van der Waals surface area contributed by atoms with Gasteiger partial charge in [-0.3, -0.25) is 0 Å². The molecule has 0 N–H and O–H groups in total. The fraction of sp³-hybridized carbons (Fsp3) is 0.565. The third kappa shape index (κ3) is 5.25. The van der Waals surface area contributed by atoms with Crippen molar-refractivity contribution < 1.29 is 0 Å². The number of hydrogen-bond donors (Lipinski definition) is 0. The van der Waals surface area contributed by atoms with E-state index in [1.807, 2.05) is 11.9 Å². The maximum atomic E-state index is 2.77. The van der Waals surface area contributed by atoms with Crippen molar-refractivity contribution in [1.29, 1.82) is 0 Å². The molecule has 0 amide bonds. The van der Waals surface area contributed by atoms with Crippen molar-refractivity contribution in [2.24, 2.45) is 0 Å². The molecule has 26 heavy (non-hydrogen) atoms. The number of piperidine rings is 1. The Bertz CT molecular complexity index is 659. The van der Waals surface area contributed by atoms with E-state index in [2.05, 4.69) is 65.5 Å². The summed E-state index contributed by atoms with van der Waals surface area (Å²) in [5.74, 6) is 0. The van der Waals surface area contributed by atoms with Crippen molar-refractivity contribution in [3.63, 3.8) is 0 Å². The summed E-state index contributed by atoms with van der Waals surface area (Å²) in [5.41, 5.74) is 0. The third-order valence-corrected chi connectivity index (χ3v) is 6.65. The van der Waals surface area contributed by atoms with Gasteiger partial charge in [-0.25, -0.2) is 4.31 Å². The number of hydrogen-bond acceptors (Lipinski definition) is 3. The summed E-state index contributed by atoms with van der Waals surface area (Å²) in [6.45, 7) is 9.58. The van der Waals surface area contributed by atoms with Gasteiger partial charge < -0.3 is 4.90 Å². The highest BCUT2D eigenvalue weighted by atomic mass is 32.2. The van der Waals surface area contributed by atoms with E-state index in [9.17, 15) is 0 Å². The molecule has 0 spiro atoms. The smallest absolute Gasteiger partial charge is 0.0308 e. The van der Waals surface area contributed by atoms with Crippen LogP contribution in [0.4, 0.5) is 0 Å². The first-order chi connectivity index (χ1) is 12.8. The summed E-state index contributed by atoms with van der Waals surface area (Å²) < 4.78 is 2.58. The Balaban J connectivity index is 1.55. The van der Waals surface area contributed by atoms with E-state index in [0.717, 1.165) is 6.04 Å². The zero-order chi connectivity index (χ0) is 18.2. The van der Waals surface area contributed by atoms with E-state index in [4.69, 9.17) is 0 Å². The van der Waals surface area contributed by atoms with Gasteiger partial charge in [0.05, 0.1) is 0 Å². The molecular weight excluding hydrogens is 336 g/mol. The molecule has 1 saturated heterocycles. The van der Waals surface area contributed by atoms with Crippen molar-refractivity contribution >= 4 is 22.7 Å². The first-order valence-corrected chi connectivity index (χ1v) is 11.2. The molecule has 2 aromatic rings. The Morgan fingerprint density at radius 3 is 2.46 bits per heavy atom. The summed E-state index contributed by atoms with van der Waals surface area (Å²) in [5, 5.41) is 2.73. The number of rotatable bonds is 9. The van der Waals surface area contributed by atoms with Gasteiger partial charge in [-0.2, -0.15) is 0 Å². The standard InChI is InChI=1S/C23H34N2S/c1-3-5-8-17-24(16-4-2)21-14-18-25(19-15-21)26-23-13-9-11-20-10-6-7-12-22(20)23/h6-7,9-13,21H,3-5,8,14-19H2,1-2H3. The molecule has 0 radical (unpaired) electrons. The molecule has 1 aliphatic heterocycles. The van der Waals surface area contributed by atoms with Gasteiger partial charge in [0.25, 0.3) is 0 Å². The second-order valence-electron chi connectivity index (χ2n) is 7.47. The van der Waals surface area contributed by atoms with Gasteiger partial charge >= 0.3 is 0 Å². The number of nitrogens with zero attached hydrogens (tertiary/aromatic N) is 2. The molecule has 0 saturated carbocycles. The van der Waals surface area contributed by atoms with Crippen LogP contribution in [-0.4, -0.2) is 41.4 Å². The molecule has 142 valence electrons. The maximum absolute atomic E-state index is 2.77. The first-order valence-electron chi connectivity index (χ1n) is 10.5. The number of benzene rings is 2. The lowest BCUT2D eigenvalue weighted by molar-refractivity contribution is 0.140.